The van der Waals surface area contributed by atoms with Crippen LogP contribution in [0.5, 0.6) is 0 Å². The van der Waals surface area contributed by atoms with Crippen molar-refractivity contribution in [1.29, 1.82) is 0 Å². The summed E-state index contributed by atoms with van der Waals surface area (Å²) in [5.74, 6) is -1.01. The van der Waals surface area contributed by atoms with Crippen LogP contribution in [-0.2, 0) is 28.6 Å². The number of carbonyl (C=O) groups is 3. The Kier molecular flexibility index (Phi) is 40.1. The third-order valence-corrected chi connectivity index (χ3v) is 8.96. The number of rotatable bonds is 38. The van der Waals surface area contributed by atoms with Crippen molar-refractivity contribution >= 4 is 17.9 Å². The molecule has 0 aromatic heterocycles. The molecule has 6 heteroatoms. The van der Waals surface area contributed by atoms with Gasteiger partial charge in [-0.2, -0.15) is 0 Å². The van der Waals surface area contributed by atoms with Crippen molar-refractivity contribution in [3.8, 4) is 0 Å². The van der Waals surface area contributed by atoms with E-state index in [0.29, 0.717) is 19.3 Å². The van der Waals surface area contributed by atoms with Gasteiger partial charge in [-0.15, -0.1) is 0 Å². The molecule has 0 radical (unpaired) electrons. The lowest BCUT2D eigenvalue weighted by Gasteiger charge is -2.18. The highest BCUT2D eigenvalue weighted by molar-refractivity contribution is 5.71. The van der Waals surface area contributed by atoms with E-state index in [1.165, 1.54) is 64.2 Å². The van der Waals surface area contributed by atoms with E-state index in [9.17, 15) is 14.4 Å². The molecular formula is C48H80O6. The van der Waals surface area contributed by atoms with E-state index in [1.807, 2.05) is 0 Å². The van der Waals surface area contributed by atoms with Crippen LogP contribution in [0.25, 0.3) is 0 Å². The van der Waals surface area contributed by atoms with E-state index in [4.69, 9.17) is 14.2 Å². The Bertz CT molecular complexity index is 1050. The summed E-state index contributed by atoms with van der Waals surface area (Å²) in [6, 6.07) is 0. The highest BCUT2D eigenvalue weighted by Crippen LogP contribution is 2.14. The van der Waals surface area contributed by atoms with Crippen LogP contribution in [0.4, 0.5) is 0 Å². The number of allylic oxidation sites excluding steroid dienone is 12. The predicted octanol–water partition coefficient (Wildman–Crippen LogP) is 13.9. The number of hydrogen-bond donors (Lipinski definition) is 0. The van der Waals surface area contributed by atoms with Crippen molar-refractivity contribution in [2.24, 2.45) is 0 Å². The second-order valence-electron chi connectivity index (χ2n) is 14.2. The Hall–Kier alpha value is -3.15. The maximum Gasteiger partial charge on any atom is 0.306 e. The van der Waals surface area contributed by atoms with Gasteiger partial charge in [0, 0.05) is 19.3 Å². The van der Waals surface area contributed by atoms with Crippen molar-refractivity contribution in [3.63, 3.8) is 0 Å². The van der Waals surface area contributed by atoms with Crippen LogP contribution in [0.3, 0.4) is 0 Å². The first-order valence-corrected chi connectivity index (χ1v) is 21.9. The summed E-state index contributed by atoms with van der Waals surface area (Å²) in [6.45, 7) is 6.30. The zero-order valence-electron chi connectivity index (χ0n) is 35.0. The molecule has 0 bridgehead atoms. The van der Waals surface area contributed by atoms with Gasteiger partial charge in [0.05, 0.1) is 0 Å². The minimum Gasteiger partial charge on any atom is -0.462 e. The highest BCUT2D eigenvalue weighted by atomic mass is 16.6. The zero-order valence-corrected chi connectivity index (χ0v) is 35.0. The van der Waals surface area contributed by atoms with Crippen molar-refractivity contribution in [3.05, 3.63) is 72.9 Å². The van der Waals surface area contributed by atoms with Crippen molar-refractivity contribution < 1.29 is 28.6 Å². The largest absolute Gasteiger partial charge is 0.462 e. The summed E-state index contributed by atoms with van der Waals surface area (Å²) < 4.78 is 16.6. The van der Waals surface area contributed by atoms with Crippen LogP contribution < -0.4 is 0 Å². The SMILES string of the molecule is CC/C=C\C/C=C\C/C=C\CCCCC(=O)OC(COC(=O)CCC/C=C\C/C=C\C/C=C\CC)COC(=O)CCCCCCCCCCCCCCC. The van der Waals surface area contributed by atoms with Gasteiger partial charge in [0.15, 0.2) is 6.10 Å². The molecule has 0 heterocycles. The molecule has 0 fully saturated rings. The van der Waals surface area contributed by atoms with Crippen LogP contribution in [0.1, 0.15) is 194 Å². The molecule has 6 nitrogen and oxygen atoms in total. The molecule has 0 aliphatic heterocycles. The summed E-state index contributed by atoms with van der Waals surface area (Å²) in [5.41, 5.74) is 0. The fraction of sp³-hybridized carbons (Fsp3) is 0.688. The maximum atomic E-state index is 12.7. The normalized spacial score (nSPS) is 12.7. The van der Waals surface area contributed by atoms with Crippen LogP contribution in [0.2, 0.25) is 0 Å². The summed E-state index contributed by atoms with van der Waals surface area (Å²) >= 11 is 0. The quantitative estimate of drug-likeness (QED) is 0.0270. The first-order valence-electron chi connectivity index (χ1n) is 21.9. The lowest BCUT2D eigenvalue weighted by Crippen LogP contribution is -2.30. The molecule has 0 aliphatic rings. The highest BCUT2D eigenvalue weighted by Gasteiger charge is 2.19. The molecular weight excluding hydrogens is 673 g/mol. The van der Waals surface area contributed by atoms with Crippen molar-refractivity contribution in [2.75, 3.05) is 13.2 Å². The molecule has 308 valence electrons. The van der Waals surface area contributed by atoms with Crippen LogP contribution in [0, 0.1) is 0 Å². The van der Waals surface area contributed by atoms with Crippen LogP contribution >= 0.6 is 0 Å². The fourth-order valence-electron chi connectivity index (χ4n) is 5.71. The van der Waals surface area contributed by atoms with E-state index in [-0.39, 0.29) is 44.0 Å². The van der Waals surface area contributed by atoms with Gasteiger partial charge >= 0.3 is 17.9 Å². The van der Waals surface area contributed by atoms with Crippen LogP contribution in [0.15, 0.2) is 72.9 Å². The number of hydrogen-bond acceptors (Lipinski definition) is 6. The lowest BCUT2D eigenvalue weighted by molar-refractivity contribution is -0.167. The average molecular weight is 753 g/mol. The van der Waals surface area contributed by atoms with Gasteiger partial charge in [-0.3, -0.25) is 14.4 Å². The van der Waals surface area contributed by atoms with Gasteiger partial charge in [-0.05, 0) is 77.0 Å². The molecule has 0 aromatic rings. The van der Waals surface area contributed by atoms with Crippen molar-refractivity contribution in [2.45, 2.75) is 200 Å². The third-order valence-electron chi connectivity index (χ3n) is 8.96. The van der Waals surface area contributed by atoms with E-state index in [2.05, 4.69) is 93.7 Å². The average Bonchev–Trinajstić information content (AvgIpc) is 3.17. The zero-order chi connectivity index (χ0) is 39.4. The Labute approximate surface area is 332 Å². The van der Waals surface area contributed by atoms with E-state index >= 15 is 0 Å². The van der Waals surface area contributed by atoms with Gasteiger partial charge in [0.25, 0.3) is 0 Å². The number of carbonyl (C=O) groups excluding carboxylic acids is 3. The molecule has 0 spiro atoms. The molecule has 1 unspecified atom stereocenters. The fourth-order valence-corrected chi connectivity index (χ4v) is 5.71. The molecule has 1 atom stereocenters. The monoisotopic (exact) mass is 753 g/mol. The Morgan fingerprint density at radius 1 is 0.389 bits per heavy atom. The number of ether oxygens (including phenoxy) is 3. The molecule has 0 aliphatic carbocycles. The lowest BCUT2D eigenvalue weighted by atomic mass is 10.0. The minimum absolute atomic E-state index is 0.106. The second-order valence-corrected chi connectivity index (χ2v) is 14.2. The smallest absolute Gasteiger partial charge is 0.306 e. The number of unbranched alkanes of at least 4 members (excludes halogenated alkanes) is 15. The molecule has 0 amide bonds. The summed E-state index contributed by atoms with van der Waals surface area (Å²) in [4.78, 5) is 37.6. The summed E-state index contributed by atoms with van der Waals surface area (Å²) in [6.07, 6.45) is 51.8. The second kappa shape index (κ2) is 42.6. The summed E-state index contributed by atoms with van der Waals surface area (Å²) in [5, 5.41) is 0. The maximum absolute atomic E-state index is 12.7. The first kappa shape index (κ1) is 50.9. The third kappa shape index (κ3) is 40.0. The molecule has 0 N–H and O–H groups in total. The van der Waals surface area contributed by atoms with Crippen LogP contribution in [-0.4, -0.2) is 37.2 Å². The van der Waals surface area contributed by atoms with Gasteiger partial charge in [0.1, 0.15) is 13.2 Å². The predicted molar refractivity (Wildman–Crippen MR) is 228 cm³/mol. The van der Waals surface area contributed by atoms with Gasteiger partial charge in [-0.25, -0.2) is 0 Å². The molecule has 0 rings (SSSR count). The Morgan fingerprint density at radius 3 is 1.20 bits per heavy atom. The number of esters is 3. The van der Waals surface area contributed by atoms with Gasteiger partial charge in [-0.1, -0.05) is 171 Å². The molecule has 0 aromatic carbocycles. The Balaban J connectivity index is 4.49. The molecule has 54 heavy (non-hydrogen) atoms. The first-order chi connectivity index (χ1) is 26.5. The van der Waals surface area contributed by atoms with Crippen molar-refractivity contribution in [1.82, 2.24) is 0 Å². The Morgan fingerprint density at radius 2 is 0.741 bits per heavy atom. The van der Waals surface area contributed by atoms with Gasteiger partial charge in [0.2, 0.25) is 0 Å². The molecule has 0 saturated heterocycles. The van der Waals surface area contributed by atoms with E-state index in [0.717, 1.165) is 77.0 Å². The molecule has 0 saturated carbocycles. The standard InChI is InChI=1S/C48H80O6/c1-4-7-10-13-16-19-22-24-27-29-32-35-38-41-47(50)53-44-45(43-52-46(49)40-37-34-31-28-25-21-18-15-12-9-6-3)54-48(51)42-39-36-33-30-26-23-20-17-14-11-8-5-2/h8-9,11-12,17-18,20-21,26,28,30-31,45H,4-7,10,13-16,19,22-25,27,29,32-44H2,1-3H3/b11-8-,12-9-,20-17-,21-18-,30-26-,31-28-. The topological polar surface area (TPSA) is 78.9 Å². The minimum atomic E-state index is -0.810. The van der Waals surface area contributed by atoms with E-state index in [1.54, 1.807) is 0 Å². The summed E-state index contributed by atoms with van der Waals surface area (Å²) in [7, 11) is 0. The van der Waals surface area contributed by atoms with E-state index < -0.39 is 6.10 Å². The van der Waals surface area contributed by atoms with Gasteiger partial charge < -0.3 is 14.2 Å².